The van der Waals surface area contributed by atoms with Gasteiger partial charge in [-0.2, -0.15) is 8.42 Å². The summed E-state index contributed by atoms with van der Waals surface area (Å²) in [5, 5.41) is 13.9. The molecule has 0 fully saturated rings. The van der Waals surface area contributed by atoms with Crippen molar-refractivity contribution in [3.8, 4) is 0 Å². The van der Waals surface area contributed by atoms with Crippen LogP contribution in [0.5, 0.6) is 0 Å². The molecule has 0 saturated carbocycles. The predicted octanol–water partition coefficient (Wildman–Crippen LogP) is -4.19. The van der Waals surface area contributed by atoms with Crippen LogP contribution in [0.2, 0.25) is 0 Å². The molecule has 0 aliphatic carbocycles. The van der Waals surface area contributed by atoms with Crippen LogP contribution in [0.1, 0.15) is 6.42 Å². The van der Waals surface area contributed by atoms with E-state index in [0.717, 1.165) is 0 Å². The van der Waals surface area contributed by atoms with Gasteiger partial charge >= 0.3 is 63.3 Å². The van der Waals surface area contributed by atoms with Crippen molar-refractivity contribution in [1.82, 2.24) is 0 Å². The third-order valence-corrected chi connectivity index (χ3v) is 2.08. The average molecular weight is 237 g/mol. The Morgan fingerprint density at radius 2 is 1.62 bits per heavy atom. The number of carbonyl (C=O) groups is 2. The van der Waals surface area contributed by atoms with Gasteiger partial charge < -0.3 is 10.2 Å². The van der Waals surface area contributed by atoms with Crippen LogP contribution in [0.15, 0.2) is 0 Å². The number of carboxylic acids is 2. The van der Waals surface area contributed by atoms with Gasteiger partial charge in [-0.15, -0.1) is 0 Å². The minimum Gasteiger partial charge on any atom is -0.481 e. The summed E-state index contributed by atoms with van der Waals surface area (Å²) >= 11 is 0. The molecular formula is C4H6KO7S+. The van der Waals surface area contributed by atoms with Crippen LogP contribution in [0.4, 0.5) is 0 Å². The van der Waals surface area contributed by atoms with Crippen molar-refractivity contribution in [3.63, 3.8) is 0 Å². The van der Waals surface area contributed by atoms with Gasteiger partial charge in [0.15, 0.2) is 5.25 Å². The number of carboxylic acid groups (broad SMARTS) is 2. The van der Waals surface area contributed by atoms with Gasteiger partial charge in [-0.05, 0) is 0 Å². The van der Waals surface area contributed by atoms with Crippen molar-refractivity contribution in [2.75, 3.05) is 0 Å². The number of aliphatic carboxylic acids is 2. The van der Waals surface area contributed by atoms with E-state index in [1.165, 1.54) is 0 Å². The Hall–Kier alpha value is 0.486. The van der Waals surface area contributed by atoms with Crippen molar-refractivity contribution in [1.29, 1.82) is 0 Å². The fourth-order valence-corrected chi connectivity index (χ4v) is 1.09. The summed E-state index contributed by atoms with van der Waals surface area (Å²) in [5.41, 5.74) is 0. The Balaban J connectivity index is 0. The summed E-state index contributed by atoms with van der Waals surface area (Å²) in [6.07, 6.45) is -1.16. The molecule has 0 aromatic rings. The molecule has 13 heavy (non-hydrogen) atoms. The van der Waals surface area contributed by atoms with Crippen molar-refractivity contribution < 1.29 is 84.2 Å². The van der Waals surface area contributed by atoms with Gasteiger partial charge in [-0.25, -0.2) is 0 Å². The minimum absolute atomic E-state index is 0. The molecule has 70 valence electrons. The van der Waals surface area contributed by atoms with E-state index in [9.17, 15) is 18.0 Å². The third-order valence-electron chi connectivity index (χ3n) is 0.995. The maximum absolute atomic E-state index is 10.2. The molecule has 3 N–H and O–H groups in total. The smallest absolute Gasteiger partial charge is 0.481 e. The molecule has 0 spiro atoms. The first kappa shape index (κ1) is 15.9. The second kappa shape index (κ2) is 6.06. The van der Waals surface area contributed by atoms with E-state index in [1.807, 2.05) is 0 Å². The van der Waals surface area contributed by atoms with E-state index in [2.05, 4.69) is 0 Å². The molecule has 0 radical (unpaired) electrons. The summed E-state index contributed by atoms with van der Waals surface area (Å²) in [7, 11) is -4.84. The molecular weight excluding hydrogens is 231 g/mol. The van der Waals surface area contributed by atoms with Crippen LogP contribution in [0.3, 0.4) is 0 Å². The molecule has 0 saturated heterocycles. The molecule has 0 aliphatic heterocycles. The van der Waals surface area contributed by atoms with Crippen LogP contribution >= 0.6 is 0 Å². The topological polar surface area (TPSA) is 129 Å². The Labute approximate surface area is 116 Å². The van der Waals surface area contributed by atoms with Crippen LogP contribution in [-0.4, -0.2) is 40.4 Å². The molecule has 7 nitrogen and oxygen atoms in total. The molecule has 0 amide bonds. The molecule has 0 heterocycles. The van der Waals surface area contributed by atoms with Crippen molar-refractivity contribution in [2.45, 2.75) is 11.7 Å². The first-order valence-electron chi connectivity index (χ1n) is 2.66. The van der Waals surface area contributed by atoms with Crippen molar-refractivity contribution in [2.24, 2.45) is 0 Å². The maximum Gasteiger partial charge on any atom is 1.00 e. The zero-order chi connectivity index (χ0) is 9.94. The van der Waals surface area contributed by atoms with Gasteiger partial charge in [0.25, 0.3) is 10.1 Å². The van der Waals surface area contributed by atoms with Crippen molar-refractivity contribution >= 4 is 22.1 Å². The summed E-state index contributed by atoms with van der Waals surface area (Å²) in [6, 6.07) is 0. The SMILES string of the molecule is O=C(O)CC(C(=O)O)S(=O)(=O)O.[K+]. The molecule has 0 bridgehead atoms. The molecule has 0 rings (SSSR count). The van der Waals surface area contributed by atoms with E-state index in [4.69, 9.17) is 14.8 Å². The second-order valence-corrected chi connectivity index (χ2v) is 3.54. The zero-order valence-electron chi connectivity index (χ0n) is 6.67. The largest absolute Gasteiger partial charge is 1.00 e. The molecule has 1 atom stereocenters. The molecule has 0 aromatic carbocycles. The molecule has 0 aliphatic rings. The Kier molecular flexibility index (Phi) is 7.43. The van der Waals surface area contributed by atoms with E-state index >= 15 is 0 Å². The normalized spacial score (nSPS) is 12.7. The fraction of sp³-hybridized carbons (Fsp3) is 0.500. The average Bonchev–Trinajstić information content (AvgIpc) is 1.79. The van der Waals surface area contributed by atoms with Crippen molar-refractivity contribution in [3.05, 3.63) is 0 Å². The van der Waals surface area contributed by atoms with E-state index in [1.54, 1.807) is 0 Å². The van der Waals surface area contributed by atoms with Gasteiger partial charge in [0.1, 0.15) is 0 Å². The number of hydrogen-bond acceptors (Lipinski definition) is 4. The quantitative estimate of drug-likeness (QED) is 0.334. The number of hydrogen-bond donors (Lipinski definition) is 3. The monoisotopic (exact) mass is 237 g/mol. The zero-order valence-corrected chi connectivity index (χ0v) is 10.6. The van der Waals surface area contributed by atoms with E-state index < -0.39 is 33.7 Å². The van der Waals surface area contributed by atoms with Gasteiger partial charge in [-0.1, -0.05) is 0 Å². The fourth-order valence-electron chi connectivity index (χ4n) is 0.479. The summed E-state index contributed by atoms with van der Waals surface area (Å²) in [4.78, 5) is 20.0. The summed E-state index contributed by atoms with van der Waals surface area (Å²) < 4.78 is 28.7. The van der Waals surface area contributed by atoms with Crippen LogP contribution < -0.4 is 51.4 Å². The third kappa shape index (κ3) is 6.54. The summed E-state index contributed by atoms with van der Waals surface area (Å²) in [6.45, 7) is 0. The first-order chi connectivity index (χ1) is 5.25. The van der Waals surface area contributed by atoms with Gasteiger partial charge in [-0.3, -0.25) is 14.1 Å². The second-order valence-electron chi connectivity index (χ2n) is 1.94. The Morgan fingerprint density at radius 3 is 1.69 bits per heavy atom. The van der Waals surface area contributed by atoms with Crippen LogP contribution in [-0.2, 0) is 19.7 Å². The van der Waals surface area contributed by atoms with Gasteiger partial charge in [0, 0.05) is 0 Å². The summed E-state index contributed by atoms with van der Waals surface area (Å²) in [5.74, 6) is -3.50. The minimum atomic E-state index is -4.84. The standard InChI is InChI=1S/C4H6O7S.K/c5-3(6)1-2(4(7)8)12(9,10)11;/h2H,1H2,(H,5,6)(H,7,8)(H,9,10,11);/q;+1. The van der Waals surface area contributed by atoms with E-state index in [-0.39, 0.29) is 51.4 Å². The molecule has 9 heteroatoms. The van der Waals surface area contributed by atoms with Crippen LogP contribution in [0, 0.1) is 0 Å². The maximum atomic E-state index is 10.2. The Bertz CT molecular complexity index is 294. The Morgan fingerprint density at radius 1 is 1.23 bits per heavy atom. The molecule has 1 unspecified atom stereocenters. The number of rotatable bonds is 4. The van der Waals surface area contributed by atoms with Crippen LogP contribution in [0.25, 0.3) is 0 Å². The predicted molar refractivity (Wildman–Crippen MR) is 35.2 cm³/mol. The van der Waals surface area contributed by atoms with E-state index in [0.29, 0.717) is 0 Å². The van der Waals surface area contributed by atoms with Gasteiger partial charge in [0.2, 0.25) is 0 Å². The molecule has 0 aromatic heterocycles. The van der Waals surface area contributed by atoms with Gasteiger partial charge in [0.05, 0.1) is 6.42 Å². The first-order valence-corrected chi connectivity index (χ1v) is 4.16.